The summed E-state index contributed by atoms with van der Waals surface area (Å²) in [5, 5.41) is 3.06. The summed E-state index contributed by atoms with van der Waals surface area (Å²) >= 11 is 0. The van der Waals surface area contributed by atoms with Gasteiger partial charge in [-0.15, -0.1) is 0 Å². The van der Waals surface area contributed by atoms with Gasteiger partial charge in [-0.3, -0.25) is 9.59 Å². The first-order chi connectivity index (χ1) is 14.7. The van der Waals surface area contributed by atoms with Gasteiger partial charge in [0, 0.05) is 36.7 Å². The average Bonchev–Trinajstić information content (AvgIpc) is 3.48. The van der Waals surface area contributed by atoms with Crippen LogP contribution in [-0.4, -0.2) is 40.8 Å². The van der Waals surface area contributed by atoms with Crippen molar-refractivity contribution in [3.63, 3.8) is 0 Å². The summed E-state index contributed by atoms with van der Waals surface area (Å²) in [7, 11) is 0. The summed E-state index contributed by atoms with van der Waals surface area (Å²) in [5.74, 6) is 1.09. The van der Waals surface area contributed by atoms with E-state index in [4.69, 9.17) is 4.42 Å². The second-order valence-electron chi connectivity index (χ2n) is 8.35. The van der Waals surface area contributed by atoms with Gasteiger partial charge >= 0.3 is 0 Å². The van der Waals surface area contributed by atoms with Gasteiger partial charge in [0.1, 0.15) is 5.52 Å². The van der Waals surface area contributed by atoms with Gasteiger partial charge in [-0.25, -0.2) is 4.98 Å². The molecule has 2 aliphatic rings. The van der Waals surface area contributed by atoms with E-state index in [0.29, 0.717) is 54.0 Å². The van der Waals surface area contributed by atoms with Crippen LogP contribution in [0.3, 0.4) is 0 Å². The molecular weight excluding hydrogens is 378 g/mol. The third-order valence-corrected chi connectivity index (χ3v) is 5.97. The van der Waals surface area contributed by atoms with Crippen LogP contribution in [-0.2, 0) is 4.79 Å². The lowest BCUT2D eigenvalue weighted by atomic mass is 9.93. The van der Waals surface area contributed by atoms with Crippen LogP contribution in [0.2, 0.25) is 0 Å². The van der Waals surface area contributed by atoms with E-state index in [1.54, 1.807) is 6.07 Å². The van der Waals surface area contributed by atoms with Crippen LogP contribution >= 0.6 is 0 Å². The van der Waals surface area contributed by atoms with Gasteiger partial charge in [0.2, 0.25) is 11.8 Å². The first-order valence-electron chi connectivity index (χ1n) is 10.7. The first kappa shape index (κ1) is 18.9. The Morgan fingerprint density at radius 3 is 2.53 bits per heavy atom. The molecule has 3 aromatic rings. The minimum Gasteiger partial charge on any atom is -0.436 e. The Morgan fingerprint density at radius 1 is 1.03 bits per heavy atom. The molecule has 1 N–H and O–H groups in total. The number of carbonyl (C=O) groups is 2. The normalized spacial score (nSPS) is 17.3. The molecule has 1 aliphatic carbocycles. The molecule has 6 nitrogen and oxygen atoms in total. The van der Waals surface area contributed by atoms with Gasteiger partial charge in [-0.2, -0.15) is 0 Å². The molecule has 0 unspecified atom stereocenters. The molecule has 154 valence electrons. The largest absolute Gasteiger partial charge is 0.436 e. The van der Waals surface area contributed by atoms with Gasteiger partial charge in [-0.1, -0.05) is 18.2 Å². The van der Waals surface area contributed by atoms with Crippen LogP contribution in [0.5, 0.6) is 0 Å². The third kappa shape index (κ3) is 4.08. The highest BCUT2D eigenvalue weighted by atomic mass is 16.3. The van der Waals surface area contributed by atoms with E-state index in [1.165, 1.54) is 0 Å². The number of benzene rings is 2. The quantitative estimate of drug-likeness (QED) is 0.698. The highest BCUT2D eigenvalue weighted by molar-refractivity contribution is 5.97. The lowest BCUT2D eigenvalue weighted by Crippen LogP contribution is -2.39. The summed E-state index contributed by atoms with van der Waals surface area (Å²) in [4.78, 5) is 31.5. The van der Waals surface area contributed by atoms with Crippen LogP contribution in [0, 0.1) is 5.92 Å². The zero-order valence-electron chi connectivity index (χ0n) is 16.8. The van der Waals surface area contributed by atoms with E-state index in [-0.39, 0.29) is 11.8 Å². The van der Waals surface area contributed by atoms with Gasteiger partial charge in [0.25, 0.3) is 5.91 Å². The number of carbonyl (C=O) groups excluding carboxylic acids is 2. The first-order valence-corrected chi connectivity index (χ1v) is 10.7. The summed E-state index contributed by atoms with van der Waals surface area (Å²) in [6.45, 7) is 1.37. The van der Waals surface area contributed by atoms with E-state index in [0.717, 1.165) is 31.2 Å². The number of aromatic nitrogens is 1. The molecule has 1 aliphatic heterocycles. The van der Waals surface area contributed by atoms with Crippen molar-refractivity contribution in [2.24, 2.45) is 5.92 Å². The van der Waals surface area contributed by atoms with Gasteiger partial charge in [0.05, 0.1) is 0 Å². The van der Waals surface area contributed by atoms with Gasteiger partial charge in [0.15, 0.2) is 5.58 Å². The number of likely N-dealkylation sites (tertiary alicyclic amines) is 1. The standard InChI is InChI=1S/C24H25N3O3/c28-22(25-19-7-8-19)14-16-10-12-27(13-11-16)24(29)18-6-9-21-20(15-18)26-23(30-21)17-4-2-1-3-5-17/h1-6,9,15-16,19H,7-8,10-14H2,(H,25,28). The SMILES string of the molecule is O=C(CC1CCN(C(=O)c2ccc3oc(-c4ccccc4)nc3c2)CC1)NC1CC1. The van der Waals surface area contributed by atoms with Crippen molar-refractivity contribution >= 4 is 22.9 Å². The number of oxazole rings is 1. The molecule has 1 saturated carbocycles. The Morgan fingerprint density at radius 2 is 1.80 bits per heavy atom. The predicted octanol–water partition coefficient (Wildman–Crippen LogP) is 4.02. The second kappa shape index (κ2) is 7.94. The van der Waals surface area contributed by atoms with Crippen LogP contribution < -0.4 is 5.32 Å². The Balaban J connectivity index is 1.23. The Bertz CT molecular complexity index is 1060. The molecule has 6 heteroatoms. The fourth-order valence-corrected chi connectivity index (χ4v) is 4.06. The number of fused-ring (bicyclic) bond motifs is 1. The van der Waals surface area contributed by atoms with Crippen LogP contribution in [0.25, 0.3) is 22.6 Å². The predicted molar refractivity (Wildman–Crippen MR) is 114 cm³/mol. The maximum absolute atomic E-state index is 13.0. The van der Waals surface area contributed by atoms with Crippen molar-refractivity contribution in [3.8, 4) is 11.5 Å². The number of nitrogens with zero attached hydrogens (tertiary/aromatic N) is 2. The molecule has 0 spiro atoms. The Hall–Kier alpha value is -3.15. The van der Waals surface area contributed by atoms with Gasteiger partial charge < -0.3 is 14.6 Å². The molecule has 0 radical (unpaired) electrons. The van der Waals surface area contributed by atoms with Crippen molar-refractivity contribution in [1.29, 1.82) is 0 Å². The maximum Gasteiger partial charge on any atom is 0.253 e. The number of amides is 2. The van der Waals surface area contributed by atoms with E-state index in [2.05, 4.69) is 10.3 Å². The minimum atomic E-state index is 0.0158. The minimum absolute atomic E-state index is 0.0158. The number of hydrogen-bond donors (Lipinski definition) is 1. The van der Waals surface area contributed by atoms with Crippen molar-refractivity contribution in [2.45, 2.75) is 38.1 Å². The van der Waals surface area contributed by atoms with E-state index >= 15 is 0 Å². The number of rotatable bonds is 5. The fourth-order valence-electron chi connectivity index (χ4n) is 4.06. The summed E-state index contributed by atoms with van der Waals surface area (Å²) in [6.07, 6.45) is 4.54. The molecule has 30 heavy (non-hydrogen) atoms. The molecule has 1 aromatic heterocycles. The van der Waals surface area contributed by atoms with E-state index < -0.39 is 0 Å². The molecule has 2 heterocycles. The molecule has 5 rings (SSSR count). The van der Waals surface area contributed by atoms with Crippen LogP contribution in [0.4, 0.5) is 0 Å². The molecule has 2 aromatic carbocycles. The Labute approximate surface area is 175 Å². The average molecular weight is 403 g/mol. The van der Waals surface area contributed by atoms with E-state index in [1.807, 2.05) is 47.4 Å². The number of piperidine rings is 1. The molecule has 2 fully saturated rings. The fraction of sp³-hybridized carbons (Fsp3) is 0.375. The smallest absolute Gasteiger partial charge is 0.253 e. The van der Waals surface area contributed by atoms with Crippen LogP contribution in [0.1, 0.15) is 42.5 Å². The summed E-state index contributed by atoms with van der Waals surface area (Å²) in [5.41, 5.74) is 2.90. The van der Waals surface area contributed by atoms with Crippen LogP contribution in [0.15, 0.2) is 52.9 Å². The lowest BCUT2D eigenvalue weighted by Gasteiger charge is -2.31. The van der Waals surface area contributed by atoms with E-state index in [9.17, 15) is 9.59 Å². The molecule has 0 bridgehead atoms. The molecule has 1 saturated heterocycles. The second-order valence-corrected chi connectivity index (χ2v) is 8.35. The van der Waals surface area contributed by atoms with Crippen molar-refractivity contribution < 1.29 is 14.0 Å². The van der Waals surface area contributed by atoms with Crippen molar-refractivity contribution in [1.82, 2.24) is 15.2 Å². The maximum atomic E-state index is 13.0. The molecule has 2 amide bonds. The highest BCUT2D eigenvalue weighted by Crippen LogP contribution is 2.27. The summed E-state index contributed by atoms with van der Waals surface area (Å²) < 4.78 is 5.84. The topological polar surface area (TPSA) is 75.4 Å². The summed E-state index contributed by atoms with van der Waals surface area (Å²) in [6, 6.07) is 15.6. The molecule has 0 atom stereocenters. The molecular formula is C24H25N3O3. The highest BCUT2D eigenvalue weighted by Gasteiger charge is 2.28. The number of hydrogen-bond acceptors (Lipinski definition) is 4. The number of nitrogens with one attached hydrogen (secondary N) is 1. The zero-order valence-corrected chi connectivity index (χ0v) is 16.8. The lowest BCUT2D eigenvalue weighted by molar-refractivity contribution is -0.122. The Kier molecular flexibility index (Phi) is 4.99. The van der Waals surface area contributed by atoms with Crippen molar-refractivity contribution in [3.05, 3.63) is 54.1 Å². The van der Waals surface area contributed by atoms with Gasteiger partial charge in [-0.05, 0) is 61.9 Å². The zero-order chi connectivity index (χ0) is 20.5. The monoisotopic (exact) mass is 403 g/mol. The third-order valence-electron chi connectivity index (χ3n) is 5.97. The van der Waals surface area contributed by atoms with Crippen molar-refractivity contribution in [2.75, 3.05) is 13.1 Å².